The number of hydrogen-bond donors (Lipinski definition) is 4. The number of aliphatic hydroxyl groups is 1. The molecule has 0 radical (unpaired) electrons. The Kier molecular flexibility index (Phi) is 4.79. The van der Waals surface area contributed by atoms with Gasteiger partial charge in [-0.25, -0.2) is 14.6 Å². The first-order valence-electron chi connectivity index (χ1n) is 7.63. The van der Waals surface area contributed by atoms with Gasteiger partial charge >= 0.3 is 0 Å². The average molecular weight is 333 g/mol. The number of amides is 1. The summed E-state index contributed by atoms with van der Waals surface area (Å²) >= 11 is 0. The van der Waals surface area contributed by atoms with Crippen LogP contribution in [0.5, 0.6) is 0 Å². The third-order valence-electron chi connectivity index (χ3n) is 3.88. The monoisotopic (exact) mass is 333 g/mol. The maximum absolute atomic E-state index is 11.9. The summed E-state index contributed by atoms with van der Waals surface area (Å²) in [4.78, 5) is 20.3. The second kappa shape index (κ2) is 7.17. The molecule has 1 amide bonds. The normalized spacial score (nSPS) is 19.5. The Hall–Kier alpha value is -2.82. The number of carbonyl (C=O) groups is 1. The van der Waals surface area contributed by atoms with Crippen LogP contribution in [-0.4, -0.2) is 60.4 Å². The molecule has 0 atom stereocenters. The van der Waals surface area contributed by atoms with E-state index < -0.39 is 0 Å². The van der Waals surface area contributed by atoms with Gasteiger partial charge in [-0.15, -0.1) is 0 Å². The smallest absolute Gasteiger partial charge is 0.242 e. The molecule has 0 aromatic carbocycles. The zero-order valence-corrected chi connectivity index (χ0v) is 13.0. The van der Waals surface area contributed by atoms with Crippen molar-refractivity contribution in [1.29, 1.82) is 0 Å². The van der Waals surface area contributed by atoms with Crippen molar-refractivity contribution >= 4 is 17.7 Å². The van der Waals surface area contributed by atoms with Crippen molar-refractivity contribution in [2.75, 3.05) is 24.2 Å². The molecule has 128 valence electrons. The molecule has 11 heteroatoms. The van der Waals surface area contributed by atoms with E-state index in [1.165, 1.54) is 11.0 Å². The van der Waals surface area contributed by atoms with Crippen molar-refractivity contribution < 1.29 is 9.90 Å². The highest BCUT2D eigenvalue weighted by molar-refractivity contribution is 5.76. The number of carbonyl (C=O) groups excluding carboxylic acids is 1. The van der Waals surface area contributed by atoms with Crippen LogP contribution in [0.1, 0.15) is 24.5 Å². The lowest BCUT2D eigenvalue weighted by Crippen LogP contribution is -2.44. The quantitative estimate of drug-likeness (QED) is 0.474. The summed E-state index contributed by atoms with van der Waals surface area (Å²) in [5.41, 5.74) is 6.46. The van der Waals surface area contributed by atoms with Crippen molar-refractivity contribution in [1.82, 2.24) is 35.5 Å². The zero-order valence-electron chi connectivity index (χ0n) is 13.0. The largest absolute Gasteiger partial charge is 0.395 e. The summed E-state index contributed by atoms with van der Waals surface area (Å²) in [5, 5.41) is 25.3. The standard InChI is InChI=1S/C13H19N9O2/c14-13-19-20-21-22(13)6-12(24)18-9-3-8(4-9)10-5-11(15-1-2-23)17-7-16-10/h5,7-9,23H,1-4,6H2,(H,18,24)(H2,14,19,21)(H,15,16,17). The highest BCUT2D eigenvalue weighted by Gasteiger charge is 2.32. The molecular weight excluding hydrogens is 314 g/mol. The lowest BCUT2D eigenvalue weighted by molar-refractivity contribution is -0.123. The van der Waals surface area contributed by atoms with E-state index >= 15 is 0 Å². The molecule has 5 N–H and O–H groups in total. The first-order valence-corrected chi connectivity index (χ1v) is 7.63. The van der Waals surface area contributed by atoms with Gasteiger partial charge in [0.25, 0.3) is 0 Å². The molecular formula is C13H19N9O2. The Balaban J connectivity index is 1.47. The van der Waals surface area contributed by atoms with Crippen LogP contribution in [0.3, 0.4) is 0 Å². The predicted molar refractivity (Wildman–Crippen MR) is 83.7 cm³/mol. The second-order valence-corrected chi connectivity index (χ2v) is 5.61. The predicted octanol–water partition coefficient (Wildman–Crippen LogP) is -1.49. The summed E-state index contributed by atoms with van der Waals surface area (Å²) in [6.07, 6.45) is 3.13. The number of anilines is 2. The number of nitrogens with zero attached hydrogens (tertiary/aromatic N) is 6. The van der Waals surface area contributed by atoms with E-state index in [4.69, 9.17) is 10.8 Å². The summed E-state index contributed by atoms with van der Waals surface area (Å²) < 4.78 is 1.25. The molecule has 3 rings (SSSR count). The highest BCUT2D eigenvalue weighted by atomic mass is 16.3. The van der Waals surface area contributed by atoms with Crippen LogP contribution in [0.15, 0.2) is 12.4 Å². The van der Waals surface area contributed by atoms with Gasteiger partial charge in [-0.3, -0.25) is 4.79 Å². The highest BCUT2D eigenvalue weighted by Crippen LogP contribution is 2.36. The minimum atomic E-state index is -0.176. The third-order valence-corrected chi connectivity index (χ3v) is 3.88. The maximum Gasteiger partial charge on any atom is 0.242 e. The molecule has 2 heterocycles. The van der Waals surface area contributed by atoms with E-state index in [1.807, 2.05) is 6.07 Å². The van der Waals surface area contributed by atoms with Crippen LogP contribution < -0.4 is 16.4 Å². The van der Waals surface area contributed by atoms with E-state index in [0.717, 1.165) is 18.5 Å². The summed E-state index contributed by atoms with van der Waals surface area (Å²) in [7, 11) is 0. The van der Waals surface area contributed by atoms with E-state index in [-0.39, 0.29) is 37.0 Å². The fourth-order valence-corrected chi connectivity index (χ4v) is 2.59. The van der Waals surface area contributed by atoms with Crippen LogP contribution in [-0.2, 0) is 11.3 Å². The molecule has 2 aromatic rings. The number of aliphatic hydroxyl groups excluding tert-OH is 1. The van der Waals surface area contributed by atoms with Gasteiger partial charge in [0.15, 0.2) is 0 Å². The Labute approximate surface area is 137 Å². The number of hydrogen-bond acceptors (Lipinski definition) is 9. The molecule has 0 aliphatic heterocycles. The van der Waals surface area contributed by atoms with E-state index in [9.17, 15) is 4.79 Å². The molecule has 1 aliphatic carbocycles. The Morgan fingerprint density at radius 3 is 2.96 bits per heavy atom. The van der Waals surface area contributed by atoms with Crippen LogP contribution in [0.4, 0.5) is 11.8 Å². The summed E-state index contributed by atoms with van der Waals surface area (Å²) in [6.45, 7) is 0.492. The van der Waals surface area contributed by atoms with Gasteiger partial charge < -0.3 is 21.5 Å². The molecule has 0 saturated heterocycles. The molecule has 0 bridgehead atoms. The molecule has 1 saturated carbocycles. The number of nitrogen functional groups attached to an aromatic ring is 1. The van der Waals surface area contributed by atoms with Crippen molar-refractivity contribution in [3.63, 3.8) is 0 Å². The van der Waals surface area contributed by atoms with Crippen molar-refractivity contribution in [2.24, 2.45) is 0 Å². The molecule has 0 unspecified atom stereocenters. The number of nitrogens with one attached hydrogen (secondary N) is 2. The van der Waals surface area contributed by atoms with E-state index in [2.05, 4.69) is 36.1 Å². The summed E-state index contributed by atoms with van der Waals surface area (Å²) in [6, 6.07) is 1.98. The zero-order chi connectivity index (χ0) is 16.9. The van der Waals surface area contributed by atoms with Crippen LogP contribution in [0.25, 0.3) is 0 Å². The van der Waals surface area contributed by atoms with E-state index in [1.54, 1.807) is 0 Å². The molecule has 1 fully saturated rings. The first kappa shape index (κ1) is 16.1. The number of tetrazole rings is 1. The fourth-order valence-electron chi connectivity index (χ4n) is 2.59. The topological polar surface area (TPSA) is 157 Å². The number of aromatic nitrogens is 6. The Morgan fingerprint density at radius 1 is 1.42 bits per heavy atom. The van der Waals surface area contributed by atoms with Crippen molar-refractivity contribution in [2.45, 2.75) is 31.3 Å². The molecule has 2 aromatic heterocycles. The van der Waals surface area contributed by atoms with Crippen molar-refractivity contribution in [3.05, 3.63) is 18.1 Å². The van der Waals surface area contributed by atoms with Gasteiger partial charge in [-0.1, -0.05) is 5.10 Å². The minimum absolute atomic E-state index is 0.00271. The molecule has 11 nitrogen and oxygen atoms in total. The van der Waals surface area contributed by atoms with E-state index in [0.29, 0.717) is 12.4 Å². The molecule has 1 aliphatic rings. The van der Waals surface area contributed by atoms with Gasteiger partial charge in [0.2, 0.25) is 11.9 Å². The van der Waals surface area contributed by atoms with Crippen molar-refractivity contribution in [3.8, 4) is 0 Å². The summed E-state index contributed by atoms with van der Waals surface area (Å²) in [5.74, 6) is 0.910. The Bertz CT molecular complexity index is 698. The van der Waals surface area contributed by atoms with Gasteiger partial charge in [0.05, 0.1) is 6.61 Å². The molecule has 24 heavy (non-hydrogen) atoms. The van der Waals surface area contributed by atoms with Gasteiger partial charge in [0.1, 0.15) is 18.7 Å². The third kappa shape index (κ3) is 3.74. The maximum atomic E-state index is 11.9. The number of nitrogens with two attached hydrogens (primary N) is 1. The van der Waals surface area contributed by atoms with Crippen LogP contribution in [0, 0.1) is 0 Å². The van der Waals surface area contributed by atoms with Gasteiger partial charge in [-0.05, 0) is 23.3 Å². The SMILES string of the molecule is Nc1nnnn1CC(=O)NC1CC(c2cc(NCCO)ncn2)C1. The average Bonchev–Trinajstić information content (AvgIpc) is 2.93. The minimum Gasteiger partial charge on any atom is -0.395 e. The van der Waals surface area contributed by atoms with Gasteiger partial charge in [-0.2, -0.15) is 0 Å². The van der Waals surface area contributed by atoms with Gasteiger partial charge in [0, 0.05) is 30.3 Å². The first-order chi connectivity index (χ1) is 11.7. The lowest BCUT2D eigenvalue weighted by atomic mass is 9.78. The second-order valence-electron chi connectivity index (χ2n) is 5.61. The Morgan fingerprint density at radius 2 is 2.25 bits per heavy atom. The lowest BCUT2D eigenvalue weighted by Gasteiger charge is -2.35. The fraction of sp³-hybridized carbons (Fsp3) is 0.538. The number of rotatable bonds is 7. The molecule has 0 spiro atoms. The van der Waals surface area contributed by atoms with Crippen LogP contribution in [0.2, 0.25) is 0 Å². The van der Waals surface area contributed by atoms with Crippen LogP contribution >= 0.6 is 0 Å².